The number of amides is 1. The highest BCUT2D eigenvalue weighted by molar-refractivity contribution is 7.14. The summed E-state index contributed by atoms with van der Waals surface area (Å²) in [6.07, 6.45) is 0.260. The first kappa shape index (κ1) is 18.3. The number of hydrogen-bond donors (Lipinski definition) is 1. The maximum Gasteiger partial charge on any atom is 0.270 e. The van der Waals surface area contributed by atoms with Gasteiger partial charge in [-0.15, -0.1) is 11.3 Å². The zero-order valence-electron chi connectivity index (χ0n) is 15.4. The number of anilines is 1. The van der Waals surface area contributed by atoms with Gasteiger partial charge in [0, 0.05) is 10.9 Å². The lowest BCUT2D eigenvalue weighted by molar-refractivity contribution is -0.125. The van der Waals surface area contributed by atoms with Gasteiger partial charge in [0.2, 0.25) is 6.10 Å². The highest BCUT2D eigenvalue weighted by Crippen LogP contribution is 2.31. The molecule has 0 saturated heterocycles. The molecule has 144 valence electrons. The van der Waals surface area contributed by atoms with Gasteiger partial charge in [0.1, 0.15) is 12.4 Å². The molecular formula is C21H20N2O4S. The third-order valence-corrected chi connectivity index (χ3v) is 4.92. The summed E-state index contributed by atoms with van der Waals surface area (Å²) in [6.45, 7) is 2.94. The Kier molecular flexibility index (Phi) is 5.43. The fourth-order valence-electron chi connectivity index (χ4n) is 2.74. The fraction of sp³-hybridized carbons (Fsp3) is 0.238. The predicted molar refractivity (Wildman–Crippen MR) is 108 cm³/mol. The molecule has 1 atom stereocenters. The van der Waals surface area contributed by atoms with Crippen LogP contribution in [0.2, 0.25) is 0 Å². The van der Waals surface area contributed by atoms with Crippen LogP contribution in [0, 0.1) is 0 Å². The van der Waals surface area contributed by atoms with Crippen LogP contribution in [0.3, 0.4) is 0 Å². The summed E-state index contributed by atoms with van der Waals surface area (Å²) < 4.78 is 16.9. The number of ether oxygens (including phenoxy) is 3. The minimum absolute atomic E-state index is 0.167. The highest BCUT2D eigenvalue weighted by atomic mass is 32.1. The number of aromatic nitrogens is 1. The molecule has 2 aromatic carbocycles. The molecule has 1 aromatic heterocycles. The highest BCUT2D eigenvalue weighted by Gasteiger charge is 2.27. The SMILES string of the molecule is CCCOc1ccc(-c2csc(NC(=O)C3COc4ccccc4O3)n2)cc1. The Labute approximate surface area is 167 Å². The lowest BCUT2D eigenvalue weighted by Gasteiger charge is -2.25. The molecule has 0 bridgehead atoms. The van der Waals surface area contributed by atoms with Crippen molar-refractivity contribution in [3.63, 3.8) is 0 Å². The third kappa shape index (κ3) is 4.09. The molecule has 1 aliphatic rings. The largest absolute Gasteiger partial charge is 0.494 e. The van der Waals surface area contributed by atoms with Gasteiger partial charge in [0.15, 0.2) is 16.6 Å². The first-order chi connectivity index (χ1) is 13.7. The van der Waals surface area contributed by atoms with Crippen molar-refractivity contribution < 1.29 is 19.0 Å². The van der Waals surface area contributed by atoms with Crippen molar-refractivity contribution in [2.75, 3.05) is 18.5 Å². The van der Waals surface area contributed by atoms with Crippen LogP contribution in [0.25, 0.3) is 11.3 Å². The molecule has 1 N–H and O–H groups in total. The molecule has 1 amide bonds. The fourth-order valence-corrected chi connectivity index (χ4v) is 3.46. The summed E-state index contributed by atoms with van der Waals surface area (Å²) in [5.41, 5.74) is 1.76. The average molecular weight is 396 g/mol. The van der Waals surface area contributed by atoms with Crippen LogP contribution in [-0.4, -0.2) is 30.2 Å². The Morgan fingerprint density at radius 2 is 2.00 bits per heavy atom. The van der Waals surface area contributed by atoms with Gasteiger partial charge in [-0.3, -0.25) is 10.1 Å². The molecule has 0 spiro atoms. The first-order valence-electron chi connectivity index (χ1n) is 9.11. The summed E-state index contributed by atoms with van der Waals surface area (Å²) in [5, 5.41) is 5.24. The standard InChI is InChI=1S/C21H20N2O4S/c1-2-11-25-15-9-7-14(8-10-15)16-13-28-21(22-16)23-20(24)19-12-26-17-5-3-4-6-18(17)27-19/h3-10,13,19H,2,11-12H2,1H3,(H,22,23,24). The van der Waals surface area contributed by atoms with Gasteiger partial charge in [-0.2, -0.15) is 0 Å². The zero-order valence-corrected chi connectivity index (χ0v) is 16.2. The van der Waals surface area contributed by atoms with Crippen molar-refractivity contribution in [3.8, 4) is 28.5 Å². The van der Waals surface area contributed by atoms with Crippen LogP contribution in [0.4, 0.5) is 5.13 Å². The Bertz CT molecular complexity index is 955. The van der Waals surface area contributed by atoms with Crippen molar-refractivity contribution in [3.05, 3.63) is 53.9 Å². The molecule has 0 saturated carbocycles. The molecule has 1 unspecified atom stereocenters. The minimum Gasteiger partial charge on any atom is -0.494 e. The van der Waals surface area contributed by atoms with E-state index >= 15 is 0 Å². The molecule has 2 heterocycles. The number of nitrogens with zero attached hydrogens (tertiary/aromatic N) is 1. The summed E-state index contributed by atoms with van der Waals surface area (Å²) in [7, 11) is 0. The summed E-state index contributed by atoms with van der Waals surface area (Å²) >= 11 is 1.37. The van der Waals surface area contributed by atoms with E-state index in [2.05, 4.69) is 17.2 Å². The van der Waals surface area contributed by atoms with E-state index < -0.39 is 6.10 Å². The normalized spacial score (nSPS) is 15.1. The molecule has 4 rings (SSSR count). The topological polar surface area (TPSA) is 69.7 Å². The van der Waals surface area contributed by atoms with E-state index in [1.807, 2.05) is 47.8 Å². The second kappa shape index (κ2) is 8.31. The molecule has 1 aliphatic heterocycles. The molecule has 28 heavy (non-hydrogen) atoms. The number of benzene rings is 2. The second-order valence-electron chi connectivity index (χ2n) is 6.26. The number of nitrogens with one attached hydrogen (secondary N) is 1. The van der Waals surface area contributed by atoms with Gasteiger partial charge in [-0.05, 0) is 42.8 Å². The van der Waals surface area contributed by atoms with Crippen molar-refractivity contribution in [2.24, 2.45) is 0 Å². The average Bonchev–Trinajstić information content (AvgIpc) is 3.20. The molecular weight excluding hydrogens is 376 g/mol. The molecule has 0 aliphatic carbocycles. The number of thiazole rings is 1. The van der Waals surface area contributed by atoms with Crippen LogP contribution < -0.4 is 19.5 Å². The van der Waals surface area contributed by atoms with Crippen LogP contribution in [-0.2, 0) is 4.79 Å². The maximum absolute atomic E-state index is 12.5. The van der Waals surface area contributed by atoms with Crippen molar-refractivity contribution in [1.29, 1.82) is 0 Å². The predicted octanol–water partition coefficient (Wildman–Crippen LogP) is 4.38. The summed E-state index contributed by atoms with van der Waals surface area (Å²) in [6, 6.07) is 15.1. The Balaban J connectivity index is 1.39. The minimum atomic E-state index is -0.711. The second-order valence-corrected chi connectivity index (χ2v) is 7.12. The van der Waals surface area contributed by atoms with E-state index in [0.717, 1.165) is 23.4 Å². The van der Waals surface area contributed by atoms with Crippen molar-refractivity contribution in [1.82, 2.24) is 4.98 Å². The van der Waals surface area contributed by atoms with Gasteiger partial charge in [-0.1, -0.05) is 19.1 Å². The first-order valence-corrected chi connectivity index (χ1v) is 9.99. The third-order valence-electron chi connectivity index (χ3n) is 4.16. The Hall–Kier alpha value is -3.06. The lowest BCUT2D eigenvalue weighted by Crippen LogP contribution is -2.40. The van der Waals surface area contributed by atoms with Crippen molar-refractivity contribution in [2.45, 2.75) is 19.4 Å². The van der Waals surface area contributed by atoms with Crippen LogP contribution in [0.15, 0.2) is 53.9 Å². The molecule has 3 aromatic rings. The van der Waals surface area contributed by atoms with E-state index in [0.29, 0.717) is 23.2 Å². The van der Waals surface area contributed by atoms with E-state index in [-0.39, 0.29) is 12.5 Å². The lowest BCUT2D eigenvalue weighted by atomic mass is 10.2. The quantitative estimate of drug-likeness (QED) is 0.670. The monoisotopic (exact) mass is 396 g/mol. The van der Waals surface area contributed by atoms with Gasteiger partial charge < -0.3 is 14.2 Å². The van der Waals surface area contributed by atoms with Crippen LogP contribution in [0.1, 0.15) is 13.3 Å². The van der Waals surface area contributed by atoms with E-state index in [1.165, 1.54) is 11.3 Å². The van der Waals surface area contributed by atoms with E-state index in [1.54, 1.807) is 6.07 Å². The van der Waals surface area contributed by atoms with Crippen LogP contribution in [0.5, 0.6) is 17.2 Å². The molecule has 7 heteroatoms. The van der Waals surface area contributed by atoms with Gasteiger partial charge in [0.05, 0.1) is 12.3 Å². The Morgan fingerprint density at radius 1 is 1.21 bits per heavy atom. The van der Waals surface area contributed by atoms with Gasteiger partial charge >= 0.3 is 0 Å². The van der Waals surface area contributed by atoms with Gasteiger partial charge in [0.25, 0.3) is 5.91 Å². The smallest absolute Gasteiger partial charge is 0.270 e. The number of fused-ring (bicyclic) bond motifs is 1. The number of carbonyl (C=O) groups excluding carboxylic acids is 1. The number of carbonyl (C=O) groups is 1. The van der Waals surface area contributed by atoms with Crippen molar-refractivity contribution >= 4 is 22.4 Å². The van der Waals surface area contributed by atoms with E-state index in [4.69, 9.17) is 14.2 Å². The summed E-state index contributed by atoms with van der Waals surface area (Å²) in [4.78, 5) is 17.0. The van der Waals surface area contributed by atoms with Gasteiger partial charge in [-0.25, -0.2) is 4.98 Å². The molecule has 6 nitrogen and oxygen atoms in total. The zero-order chi connectivity index (χ0) is 19.3. The van der Waals surface area contributed by atoms with E-state index in [9.17, 15) is 4.79 Å². The maximum atomic E-state index is 12.5. The Morgan fingerprint density at radius 3 is 2.79 bits per heavy atom. The molecule has 0 radical (unpaired) electrons. The number of rotatable bonds is 6. The van der Waals surface area contributed by atoms with Crippen LogP contribution >= 0.6 is 11.3 Å². The summed E-state index contributed by atoms with van der Waals surface area (Å²) in [5.74, 6) is 1.77. The number of hydrogen-bond acceptors (Lipinski definition) is 6. The number of para-hydroxylation sites is 2. The molecule has 0 fully saturated rings.